The van der Waals surface area contributed by atoms with E-state index in [0.717, 1.165) is 0 Å². The van der Waals surface area contributed by atoms with Gasteiger partial charge in [0.15, 0.2) is 0 Å². The Bertz CT molecular complexity index is 735. The average Bonchev–Trinajstić information content (AvgIpc) is 2.52. The first-order valence-corrected chi connectivity index (χ1v) is 7.31. The first-order valence-electron chi connectivity index (χ1n) is 7.31. The van der Waals surface area contributed by atoms with Crippen molar-refractivity contribution in [3.8, 4) is 5.75 Å². The highest BCUT2D eigenvalue weighted by molar-refractivity contribution is 5.73. The highest BCUT2D eigenvalue weighted by Gasteiger charge is 2.32. The van der Waals surface area contributed by atoms with Gasteiger partial charge in [0, 0.05) is 25.7 Å². The van der Waals surface area contributed by atoms with Crippen LogP contribution >= 0.6 is 0 Å². The fourth-order valence-electron chi connectivity index (χ4n) is 2.16. The molecule has 0 unspecified atom stereocenters. The normalized spacial score (nSPS) is 11.1. The fraction of sp³-hybridized carbons (Fsp3) is 0.235. The smallest absolute Gasteiger partial charge is 0.405 e. The third-order valence-electron chi connectivity index (χ3n) is 3.28. The van der Waals surface area contributed by atoms with Crippen LogP contribution in [0.5, 0.6) is 5.75 Å². The van der Waals surface area contributed by atoms with E-state index >= 15 is 0 Å². The Morgan fingerprint density at radius 1 is 1.16 bits per heavy atom. The van der Waals surface area contributed by atoms with Crippen LogP contribution in [0.25, 0.3) is 0 Å². The number of rotatable bonds is 5. The van der Waals surface area contributed by atoms with Gasteiger partial charge in [-0.1, -0.05) is 30.3 Å². The number of nitrogens with one attached hydrogen (secondary N) is 1. The number of urea groups is 1. The first-order chi connectivity index (χ1) is 11.7. The van der Waals surface area contributed by atoms with Crippen molar-refractivity contribution in [1.82, 2.24) is 10.2 Å². The number of halogens is 4. The number of hydrogen-bond donors (Lipinski definition) is 1. The van der Waals surface area contributed by atoms with E-state index in [0.29, 0.717) is 5.56 Å². The lowest BCUT2D eigenvalue weighted by atomic mass is 10.2. The first kappa shape index (κ1) is 18.6. The van der Waals surface area contributed by atoms with Crippen LogP contribution in [0, 0.1) is 5.82 Å². The van der Waals surface area contributed by atoms with Crippen LogP contribution in [0.4, 0.5) is 22.4 Å². The molecule has 0 spiro atoms. The molecule has 0 heterocycles. The van der Waals surface area contributed by atoms with E-state index in [2.05, 4.69) is 10.1 Å². The number of carbonyl (C=O) groups excluding carboxylic acids is 1. The summed E-state index contributed by atoms with van der Waals surface area (Å²) in [6.45, 7) is 0.0167. The Balaban J connectivity index is 1.95. The zero-order chi connectivity index (χ0) is 18.4. The zero-order valence-electron chi connectivity index (χ0n) is 13.3. The van der Waals surface area contributed by atoms with Gasteiger partial charge in [-0.05, 0) is 23.8 Å². The number of alkyl halides is 3. The van der Waals surface area contributed by atoms with Crippen LogP contribution in [0.3, 0.4) is 0 Å². The fourth-order valence-corrected chi connectivity index (χ4v) is 2.16. The molecule has 0 atom stereocenters. The minimum Gasteiger partial charge on any atom is -0.405 e. The number of ether oxygens (including phenoxy) is 1. The summed E-state index contributed by atoms with van der Waals surface area (Å²) < 4.78 is 54.2. The standard InChI is InChI=1S/C17H16F4N2O2/c1-23(11-12-5-4-7-14(18)9-12)16(24)22-10-13-6-2-3-8-15(13)25-17(19,20)21/h2-9H,10-11H2,1H3,(H,22,24). The molecule has 0 fully saturated rings. The molecule has 2 amide bonds. The number of benzene rings is 2. The van der Waals surface area contributed by atoms with Crippen molar-refractivity contribution >= 4 is 6.03 Å². The topological polar surface area (TPSA) is 41.6 Å². The molecule has 0 saturated heterocycles. The molecular weight excluding hydrogens is 340 g/mol. The van der Waals surface area contributed by atoms with Crippen molar-refractivity contribution in [2.24, 2.45) is 0 Å². The zero-order valence-corrected chi connectivity index (χ0v) is 13.3. The number of carbonyl (C=O) groups is 1. The Labute approximate surface area is 142 Å². The van der Waals surface area contributed by atoms with Crippen molar-refractivity contribution in [1.29, 1.82) is 0 Å². The second kappa shape index (κ2) is 7.87. The van der Waals surface area contributed by atoms with Crippen LogP contribution in [0.1, 0.15) is 11.1 Å². The molecule has 25 heavy (non-hydrogen) atoms. The number of para-hydroxylation sites is 1. The summed E-state index contributed by atoms with van der Waals surface area (Å²) in [7, 11) is 1.50. The molecule has 2 aromatic rings. The third kappa shape index (κ3) is 5.98. The monoisotopic (exact) mass is 356 g/mol. The quantitative estimate of drug-likeness (QED) is 0.821. The summed E-state index contributed by atoms with van der Waals surface area (Å²) in [5.41, 5.74) is 0.783. The van der Waals surface area contributed by atoms with Gasteiger partial charge in [0.05, 0.1) is 0 Å². The molecule has 4 nitrogen and oxygen atoms in total. The van der Waals surface area contributed by atoms with Crippen molar-refractivity contribution in [3.05, 3.63) is 65.5 Å². The van der Waals surface area contributed by atoms with Gasteiger partial charge in [-0.25, -0.2) is 9.18 Å². The highest BCUT2D eigenvalue weighted by Crippen LogP contribution is 2.26. The maximum atomic E-state index is 13.1. The summed E-state index contributed by atoms with van der Waals surface area (Å²) >= 11 is 0. The molecule has 0 aromatic heterocycles. The van der Waals surface area contributed by atoms with Crippen molar-refractivity contribution in [3.63, 3.8) is 0 Å². The number of amides is 2. The molecule has 134 valence electrons. The molecule has 1 N–H and O–H groups in total. The average molecular weight is 356 g/mol. The van der Waals surface area contributed by atoms with Crippen molar-refractivity contribution in [2.75, 3.05) is 7.05 Å². The SMILES string of the molecule is CN(Cc1cccc(F)c1)C(=O)NCc1ccccc1OC(F)(F)F. The lowest BCUT2D eigenvalue weighted by molar-refractivity contribution is -0.274. The molecule has 8 heteroatoms. The summed E-state index contributed by atoms with van der Waals surface area (Å²) in [6.07, 6.45) is -4.81. The Hall–Kier alpha value is -2.77. The van der Waals surface area contributed by atoms with Gasteiger partial charge in [-0.3, -0.25) is 0 Å². The Morgan fingerprint density at radius 2 is 1.88 bits per heavy atom. The van der Waals surface area contributed by atoms with Gasteiger partial charge in [0.1, 0.15) is 11.6 Å². The van der Waals surface area contributed by atoms with Gasteiger partial charge in [0.25, 0.3) is 0 Å². The van der Waals surface area contributed by atoms with E-state index in [4.69, 9.17) is 0 Å². The van der Waals surface area contributed by atoms with E-state index in [1.165, 1.54) is 48.3 Å². The van der Waals surface area contributed by atoms with Crippen LogP contribution in [0.2, 0.25) is 0 Å². The van der Waals surface area contributed by atoms with Gasteiger partial charge in [-0.2, -0.15) is 0 Å². The maximum Gasteiger partial charge on any atom is 0.573 e. The minimum absolute atomic E-state index is 0.140. The molecular formula is C17H16F4N2O2. The lowest BCUT2D eigenvalue weighted by Crippen LogP contribution is -2.36. The van der Waals surface area contributed by atoms with E-state index in [9.17, 15) is 22.4 Å². The van der Waals surface area contributed by atoms with Crippen LogP contribution in [-0.4, -0.2) is 24.3 Å². The van der Waals surface area contributed by atoms with Crippen LogP contribution in [0.15, 0.2) is 48.5 Å². The predicted octanol–water partition coefficient (Wildman–Crippen LogP) is 4.07. The number of nitrogens with zero attached hydrogens (tertiary/aromatic N) is 1. The number of hydrogen-bond acceptors (Lipinski definition) is 2. The van der Waals surface area contributed by atoms with Crippen molar-refractivity contribution in [2.45, 2.75) is 19.5 Å². The van der Waals surface area contributed by atoms with E-state index in [1.54, 1.807) is 12.1 Å². The Kier molecular flexibility index (Phi) is 5.84. The van der Waals surface area contributed by atoms with Gasteiger partial charge >= 0.3 is 12.4 Å². The van der Waals surface area contributed by atoms with Crippen LogP contribution in [-0.2, 0) is 13.1 Å². The molecule has 0 aliphatic rings. The molecule has 0 bridgehead atoms. The van der Waals surface area contributed by atoms with Crippen LogP contribution < -0.4 is 10.1 Å². The van der Waals surface area contributed by atoms with E-state index in [1.807, 2.05) is 0 Å². The van der Waals surface area contributed by atoms with Gasteiger partial charge < -0.3 is 15.0 Å². The summed E-state index contributed by atoms with van der Waals surface area (Å²) in [6, 6.07) is 10.8. The predicted molar refractivity (Wildman–Crippen MR) is 83.2 cm³/mol. The molecule has 2 rings (SSSR count). The second-order valence-corrected chi connectivity index (χ2v) is 5.30. The summed E-state index contributed by atoms with van der Waals surface area (Å²) in [5.74, 6) is -0.785. The van der Waals surface area contributed by atoms with Gasteiger partial charge in [-0.15, -0.1) is 13.2 Å². The van der Waals surface area contributed by atoms with Crippen molar-refractivity contribution < 1.29 is 27.1 Å². The molecule has 0 aliphatic carbocycles. The highest BCUT2D eigenvalue weighted by atomic mass is 19.4. The van der Waals surface area contributed by atoms with Gasteiger partial charge in [0.2, 0.25) is 0 Å². The molecule has 2 aromatic carbocycles. The molecule has 0 saturated carbocycles. The second-order valence-electron chi connectivity index (χ2n) is 5.30. The van der Waals surface area contributed by atoms with E-state index in [-0.39, 0.29) is 24.4 Å². The largest absolute Gasteiger partial charge is 0.573 e. The van der Waals surface area contributed by atoms with E-state index < -0.39 is 18.2 Å². The third-order valence-corrected chi connectivity index (χ3v) is 3.28. The minimum atomic E-state index is -4.81. The Morgan fingerprint density at radius 3 is 2.56 bits per heavy atom. The molecule has 0 radical (unpaired) electrons. The lowest BCUT2D eigenvalue weighted by Gasteiger charge is -2.19. The summed E-state index contributed by atoms with van der Waals surface area (Å²) in [4.78, 5) is 13.4. The maximum absolute atomic E-state index is 13.1. The molecule has 0 aliphatic heterocycles. The summed E-state index contributed by atoms with van der Waals surface area (Å²) in [5, 5.41) is 2.51.